The lowest BCUT2D eigenvalue weighted by molar-refractivity contribution is 0.440. The van der Waals surface area contributed by atoms with Gasteiger partial charge in [0.25, 0.3) is 0 Å². The van der Waals surface area contributed by atoms with Gasteiger partial charge >= 0.3 is 0 Å². The van der Waals surface area contributed by atoms with Gasteiger partial charge in [0, 0.05) is 17.8 Å². The van der Waals surface area contributed by atoms with Crippen LogP contribution in [0, 0.1) is 6.92 Å². The van der Waals surface area contributed by atoms with Crippen LogP contribution in [0.5, 0.6) is 0 Å². The normalized spacial score (nSPS) is 13.0. The number of thiophene rings is 1. The van der Waals surface area contributed by atoms with E-state index < -0.39 is 0 Å². The molecule has 3 aromatic rings. The molecule has 0 radical (unpaired) electrons. The van der Waals surface area contributed by atoms with E-state index in [0.29, 0.717) is 6.54 Å². The zero-order chi connectivity index (χ0) is 17.5. The zero-order valence-corrected chi connectivity index (χ0v) is 15.3. The maximum absolute atomic E-state index is 5.70. The van der Waals surface area contributed by atoms with Gasteiger partial charge in [-0.2, -0.15) is 0 Å². The maximum atomic E-state index is 5.70. The fraction of sp³-hybridized carbons (Fsp3) is 0.316. The van der Waals surface area contributed by atoms with Crippen molar-refractivity contribution in [1.29, 1.82) is 0 Å². The van der Waals surface area contributed by atoms with Crippen molar-refractivity contribution in [2.24, 2.45) is 4.99 Å². The number of hydrogen-bond acceptors (Lipinski definition) is 4. The molecule has 0 spiro atoms. The quantitative estimate of drug-likeness (QED) is 0.489. The molecule has 3 heterocycles. The lowest BCUT2D eigenvalue weighted by Gasteiger charge is -2.16. The van der Waals surface area contributed by atoms with E-state index in [1.165, 1.54) is 4.88 Å². The van der Waals surface area contributed by atoms with Gasteiger partial charge in [-0.3, -0.25) is 0 Å². The van der Waals surface area contributed by atoms with Crippen LogP contribution in [-0.2, 0) is 13.0 Å². The topological polar surface area (TPSA) is 62.7 Å². The summed E-state index contributed by atoms with van der Waals surface area (Å²) in [6.07, 6.45) is 2.50. The largest absolute Gasteiger partial charge is 0.469 e. The Morgan fingerprint density at radius 2 is 2.16 bits per heavy atom. The predicted molar refractivity (Wildman–Crippen MR) is 101 cm³/mol. The van der Waals surface area contributed by atoms with Crippen LogP contribution in [0.3, 0.4) is 0 Å². The van der Waals surface area contributed by atoms with Crippen LogP contribution in [-0.4, -0.2) is 12.5 Å². The van der Waals surface area contributed by atoms with Crippen LogP contribution in [0.15, 0.2) is 61.9 Å². The van der Waals surface area contributed by atoms with E-state index in [-0.39, 0.29) is 6.04 Å². The summed E-state index contributed by atoms with van der Waals surface area (Å²) in [5.41, 5.74) is 0. The van der Waals surface area contributed by atoms with E-state index in [4.69, 9.17) is 8.83 Å². The van der Waals surface area contributed by atoms with Gasteiger partial charge in [-0.15, -0.1) is 11.3 Å². The van der Waals surface area contributed by atoms with Crippen LogP contribution in [0.4, 0.5) is 0 Å². The minimum absolute atomic E-state index is 0.0342. The maximum Gasteiger partial charge on any atom is 0.192 e. The number of guanidine groups is 1. The molecular formula is C19H23N3O2S. The Hall–Kier alpha value is -2.47. The Bertz CT molecular complexity index is 776. The van der Waals surface area contributed by atoms with Crippen LogP contribution in [0.25, 0.3) is 0 Å². The molecule has 0 aliphatic heterocycles. The SMILES string of the molecule is Cc1ccc(C(C)NC(=NCc2cccs2)NCCc2ccco2)o1. The molecular weight excluding hydrogens is 334 g/mol. The molecule has 6 heteroatoms. The van der Waals surface area contributed by atoms with Crippen molar-refractivity contribution in [1.82, 2.24) is 10.6 Å². The molecule has 3 aromatic heterocycles. The Balaban J connectivity index is 1.61. The molecule has 0 saturated carbocycles. The van der Waals surface area contributed by atoms with Gasteiger partial charge in [0.1, 0.15) is 17.3 Å². The highest BCUT2D eigenvalue weighted by atomic mass is 32.1. The first kappa shape index (κ1) is 17.4. The van der Waals surface area contributed by atoms with Crippen molar-refractivity contribution in [3.05, 3.63) is 70.2 Å². The summed E-state index contributed by atoms with van der Waals surface area (Å²) in [7, 11) is 0. The smallest absolute Gasteiger partial charge is 0.192 e. The highest BCUT2D eigenvalue weighted by Gasteiger charge is 2.11. The molecule has 0 aliphatic rings. The number of furan rings is 2. The molecule has 132 valence electrons. The zero-order valence-electron chi connectivity index (χ0n) is 14.5. The molecule has 0 amide bonds. The second kappa shape index (κ2) is 8.58. The standard InChI is InChI=1S/C19H23N3O2S/c1-14-7-8-18(24-14)15(2)22-19(21-13-17-6-4-12-25-17)20-10-9-16-5-3-11-23-16/h3-8,11-12,15H,9-10,13H2,1-2H3,(H2,20,21,22). The number of aliphatic imine (C=N–C) groups is 1. The van der Waals surface area contributed by atoms with Crippen molar-refractivity contribution in [2.75, 3.05) is 6.54 Å². The molecule has 0 fully saturated rings. The van der Waals surface area contributed by atoms with Gasteiger partial charge in [-0.05, 0) is 49.6 Å². The third-order valence-corrected chi connectivity index (χ3v) is 4.62. The van der Waals surface area contributed by atoms with E-state index in [1.807, 2.05) is 37.3 Å². The van der Waals surface area contributed by atoms with Gasteiger partial charge in [0.15, 0.2) is 5.96 Å². The highest BCUT2D eigenvalue weighted by molar-refractivity contribution is 7.09. The van der Waals surface area contributed by atoms with Crippen LogP contribution in [0.2, 0.25) is 0 Å². The summed E-state index contributed by atoms with van der Waals surface area (Å²) in [6.45, 7) is 5.40. The monoisotopic (exact) mass is 357 g/mol. The van der Waals surface area contributed by atoms with E-state index in [0.717, 1.165) is 36.2 Å². The first-order chi connectivity index (χ1) is 12.2. The molecule has 0 saturated heterocycles. The summed E-state index contributed by atoms with van der Waals surface area (Å²) in [5.74, 6) is 3.53. The Morgan fingerprint density at radius 1 is 1.24 bits per heavy atom. The predicted octanol–water partition coefficient (Wildman–Crippen LogP) is 4.28. The summed E-state index contributed by atoms with van der Waals surface area (Å²) in [5, 5.41) is 8.84. The van der Waals surface area contributed by atoms with E-state index in [9.17, 15) is 0 Å². The molecule has 0 bridgehead atoms. The van der Waals surface area contributed by atoms with Crippen molar-refractivity contribution < 1.29 is 8.83 Å². The summed E-state index contributed by atoms with van der Waals surface area (Å²) in [4.78, 5) is 5.92. The van der Waals surface area contributed by atoms with Crippen LogP contribution in [0.1, 0.15) is 35.1 Å². The van der Waals surface area contributed by atoms with Crippen molar-refractivity contribution >= 4 is 17.3 Å². The van der Waals surface area contributed by atoms with E-state index in [1.54, 1.807) is 17.6 Å². The van der Waals surface area contributed by atoms with Crippen LogP contribution >= 0.6 is 11.3 Å². The third kappa shape index (κ3) is 5.26. The summed E-state index contributed by atoms with van der Waals surface area (Å²) in [6, 6.07) is 12.0. The summed E-state index contributed by atoms with van der Waals surface area (Å²) < 4.78 is 11.1. The molecule has 1 atom stereocenters. The Morgan fingerprint density at radius 3 is 2.84 bits per heavy atom. The first-order valence-electron chi connectivity index (χ1n) is 8.36. The fourth-order valence-electron chi connectivity index (χ4n) is 2.43. The number of hydrogen-bond donors (Lipinski definition) is 2. The molecule has 0 aromatic carbocycles. The van der Waals surface area contributed by atoms with Crippen molar-refractivity contribution in [3.8, 4) is 0 Å². The van der Waals surface area contributed by atoms with Crippen LogP contribution < -0.4 is 10.6 Å². The van der Waals surface area contributed by atoms with E-state index >= 15 is 0 Å². The average Bonchev–Trinajstić information content (AvgIpc) is 3.35. The fourth-order valence-corrected chi connectivity index (χ4v) is 3.06. The number of rotatable bonds is 7. The Labute approximate surface area is 151 Å². The third-order valence-electron chi connectivity index (χ3n) is 3.76. The minimum Gasteiger partial charge on any atom is -0.469 e. The average molecular weight is 357 g/mol. The number of aryl methyl sites for hydroxylation is 1. The van der Waals surface area contributed by atoms with Crippen molar-refractivity contribution in [3.63, 3.8) is 0 Å². The molecule has 2 N–H and O–H groups in total. The lowest BCUT2D eigenvalue weighted by atomic mass is 10.2. The van der Waals surface area contributed by atoms with Crippen molar-refractivity contribution in [2.45, 2.75) is 32.9 Å². The lowest BCUT2D eigenvalue weighted by Crippen LogP contribution is -2.39. The molecule has 5 nitrogen and oxygen atoms in total. The minimum atomic E-state index is 0.0342. The first-order valence-corrected chi connectivity index (χ1v) is 9.24. The van der Waals surface area contributed by atoms with Gasteiger partial charge in [0.2, 0.25) is 0 Å². The molecule has 3 rings (SSSR count). The second-order valence-electron chi connectivity index (χ2n) is 5.81. The molecule has 0 aliphatic carbocycles. The summed E-state index contributed by atoms with van der Waals surface area (Å²) >= 11 is 1.71. The van der Waals surface area contributed by atoms with Gasteiger partial charge in [-0.1, -0.05) is 6.07 Å². The van der Waals surface area contributed by atoms with Gasteiger partial charge < -0.3 is 19.5 Å². The van der Waals surface area contributed by atoms with Gasteiger partial charge in [0.05, 0.1) is 18.8 Å². The van der Waals surface area contributed by atoms with E-state index in [2.05, 4.69) is 34.0 Å². The second-order valence-corrected chi connectivity index (χ2v) is 6.85. The molecule has 1 unspecified atom stereocenters. The highest BCUT2D eigenvalue weighted by Crippen LogP contribution is 2.15. The van der Waals surface area contributed by atoms with Gasteiger partial charge in [-0.25, -0.2) is 4.99 Å². The number of nitrogens with zero attached hydrogens (tertiary/aromatic N) is 1. The molecule has 25 heavy (non-hydrogen) atoms. The Kier molecular flexibility index (Phi) is 5.95. The number of nitrogens with one attached hydrogen (secondary N) is 2.